The first kappa shape index (κ1) is 16.7. The number of hydrogen-bond donors (Lipinski definition) is 1. The summed E-state index contributed by atoms with van der Waals surface area (Å²) in [6.07, 6.45) is 0. The summed E-state index contributed by atoms with van der Waals surface area (Å²) in [5.41, 5.74) is 0. The molecule has 18 heavy (non-hydrogen) atoms. The number of alkyl halides is 2. The summed E-state index contributed by atoms with van der Waals surface area (Å²) in [5.74, 6) is 0.730. The lowest BCUT2D eigenvalue weighted by Gasteiger charge is -2.31. The fourth-order valence-corrected chi connectivity index (χ4v) is 4.55. The number of nitrogens with zero attached hydrogens (tertiary/aromatic N) is 2. The lowest BCUT2D eigenvalue weighted by Crippen LogP contribution is -2.30. The standard InChI is InChI=1S/C10H21Cl2N2O3P/c1-10(8-15)9-17-18(16,14-6-7-14)13(4-2-11)5-3-12/h10,15H,2-9H2,1H3/t10-,18+/m0/s1. The van der Waals surface area contributed by atoms with Gasteiger partial charge in [0, 0.05) is 50.5 Å². The second-order valence-corrected chi connectivity index (χ2v) is 7.49. The minimum absolute atomic E-state index is 0.0189. The molecule has 0 saturated carbocycles. The predicted molar refractivity (Wildman–Crippen MR) is 74.4 cm³/mol. The Bertz CT molecular complexity index is 286. The van der Waals surface area contributed by atoms with Crippen molar-refractivity contribution in [3.8, 4) is 0 Å². The van der Waals surface area contributed by atoms with Gasteiger partial charge in [0.05, 0.1) is 6.61 Å². The molecule has 0 unspecified atom stereocenters. The van der Waals surface area contributed by atoms with Crippen molar-refractivity contribution >= 4 is 30.9 Å². The van der Waals surface area contributed by atoms with Gasteiger partial charge in [0.2, 0.25) is 0 Å². The van der Waals surface area contributed by atoms with E-state index in [1.807, 2.05) is 6.92 Å². The van der Waals surface area contributed by atoms with Gasteiger partial charge < -0.3 is 9.63 Å². The van der Waals surface area contributed by atoms with Gasteiger partial charge in [-0.3, -0.25) is 4.57 Å². The van der Waals surface area contributed by atoms with Gasteiger partial charge in [0.1, 0.15) is 0 Å². The van der Waals surface area contributed by atoms with Crippen LogP contribution in [0.1, 0.15) is 6.92 Å². The molecule has 108 valence electrons. The molecule has 1 rings (SSSR count). The number of halogens is 2. The number of aliphatic hydroxyl groups is 1. The van der Waals surface area contributed by atoms with Gasteiger partial charge in [-0.15, -0.1) is 23.2 Å². The van der Waals surface area contributed by atoms with Crippen LogP contribution in [0.5, 0.6) is 0 Å². The molecule has 0 radical (unpaired) electrons. The average Bonchev–Trinajstić information content (AvgIpc) is 3.19. The molecule has 2 atom stereocenters. The molecule has 5 nitrogen and oxygen atoms in total. The Hall–Kier alpha value is 0.650. The van der Waals surface area contributed by atoms with E-state index >= 15 is 0 Å². The molecule has 1 aliphatic rings. The molecule has 1 aliphatic heterocycles. The number of rotatable bonds is 10. The Labute approximate surface area is 119 Å². The number of hydrogen-bond acceptors (Lipinski definition) is 3. The van der Waals surface area contributed by atoms with Crippen molar-refractivity contribution in [3.63, 3.8) is 0 Å². The third-order valence-corrected chi connectivity index (χ3v) is 5.72. The highest BCUT2D eigenvalue weighted by Crippen LogP contribution is 2.57. The fourth-order valence-electron chi connectivity index (χ4n) is 1.48. The summed E-state index contributed by atoms with van der Waals surface area (Å²) in [5, 5.41) is 8.99. The van der Waals surface area contributed by atoms with Crippen LogP contribution in [0.3, 0.4) is 0 Å². The lowest BCUT2D eigenvalue weighted by atomic mass is 10.2. The van der Waals surface area contributed by atoms with Crippen LogP contribution in [-0.2, 0) is 9.09 Å². The van der Waals surface area contributed by atoms with Crippen LogP contribution in [0.15, 0.2) is 0 Å². The maximum Gasteiger partial charge on any atom is 0.346 e. The van der Waals surface area contributed by atoms with Gasteiger partial charge in [0.15, 0.2) is 0 Å². The van der Waals surface area contributed by atoms with Crippen molar-refractivity contribution in [1.29, 1.82) is 0 Å². The summed E-state index contributed by atoms with van der Waals surface area (Å²) < 4.78 is 22.0. The molecule has 0 aromatic rings. The van der Waals surface area contributed by atoms with Gasteiger partial charge in [-0.05, 0) is 0 Å². The molecule has 0 amide bonds. The fraction of sp³-hybridized carbons (Fsp3) is 1.00. The van der Waals surface area contributed by atoms with Gasteiger partial charge in [0.25, 0.3) is 0 Å². The lowest BCUT2D eigenvalue weighted by molar-refractivity contribution is 0.158. The third-order valence-electron chi connectivity index (χ3n) is 2.66. The summed E-state index contributed by atoms with van der Waals surface area (Å²) in [7, 11) is -3.00. The molecule has 1 saturated heterocycles. The van der Waals surface area contributed by atoms with Crippen LogP contribution in [0, 0.1) is 5.92 Å². The SMILES string of the molecule is C[C@@H](CO)CO[P@](=O)(N(CCCl)CCCl)N1CC1. The monoisotopic (exact) mass is 318 g/mol. The Kier molecular flexibility index (Phi) is 7.47. The second kappa shape index (κ2) is 8.05. The highest BCUT2D eigenvalue weighted by Gasteiger charge is 2.44. The molecular formula is C10H21Cl2N2O3P. The van der Waals surface area contributed by atoms with Crippen LogP contribution in [0.2, 0.25) is 0 Å². The van der Waals surface area contributed by atoms with E-state index in [0.29, 0.717) is 24.8 Å². The zero-order valence-electron chi connectivity index (χ0n) is 10.6. The Morgan fingerprint density at radius 2 is 1.94 bits per heavy atom. The largest absolute Gasteiger partial charge is 0.396 e. The highest BCUT2D eigenvalue weighted by atomic mass is 35.5. The van der Waals surface area contributed by atoms with Crippen molar-refractivity contribution < 1.29 is 14.2 Å². The van der Waals surface area contributed by atoms with E-state index in [2.05, 4.69) is 0 Å². The minimum Gasteiger partial charge on any atom is -0.396 e. The molecule has 1 fully saturated rings. The molecule has 0 aliphatic carbocycles. The maximum atomic E-state index is 12.9. The van der Waals surface area contributed by atoms with Gasteiger partial charge in [-0.1, -0.05) is 6.92 Å². The van der Waals surface area contributed by atoms with Crippen LogP contribution in [-0.4, -0.2) is 65.6 Å². The quantitative estimate of drug-likeness (QED) is 0.378. The Morgan fingerprint density at radius 1 is 1.39 bits per heavy atom. The van der Waals surface area contributed by atoms with Crippen LogP contribution >= 0.6 is 30.9 Å². The molecule has 0 aromatic carbocycles. The van der Waals surface area contributed by atoms with E-state index in [9.17, 15) is 4.57 Å². The summed E-state index contributed by atoms with van der Waals surface area (Å²) in [6, 6.07) is 0. The highest BCUT2D eigenvalue weighted by molar-refractivity contribution is 7.54. The maximum absolute atomic E-state index is 12.9. The molecule has 8 heteroatoms. The van der Waals surface area contributed by atoms with E-state index < -0.39 is 7.67 Å². The summed E-state index contributed by atoms with van der Waals surface area (Å²) >= 11 is 11.5. The average molecular weight is 319 g/mol. The normalized spacial score (nSPS) is 20.9. The van der Waals surface area contributed by atoms with Crippen molar-refractivity contribution in [3.05, 3.63) is 0 Å². The first-order chi connectivity index (χ1) is 8.58. The molecule has 0 bridgehead atoms. The van der Waals surface area contributed by atoms with Gasteiger partial charge in [-0.2, -0.15) is 0 Å². The van der Waals surface area contributed by atoms with Crippen LogP contribution < -0.4 is 0 Å². The van der Waals surface area contributed by atoms with E-state index in [0.717, 1.165) is 13.1 Å². The van der Waals surface area contributed by atoms with Crippen molar-refractivity contribution in [1.82, 2.24) is 9.34 Å². The van der Waals surface area contributed by atoms with E-state index in [1.165, 1.54) is 0 Å². The van der Waals surface area contributed by atoms with Crippen molar-refractivity contribution in [2.75, 3.05) is 51.2 Å². The zero-order chi connectivity index (χ0) is 13.6. The third kappa shape index (κ3) is 4.64. The minimum atomic E-state index is -3.00. The van der Waals surface area contributed by atoms with Crippen molar-refractivity contribution in [2.24, 2.45) is 5.92 Å². The molecule has 0 aromatic heterocycles. The van der Waals surface area contributed by atoms with E-state index in [1.54, 1.807) is 9.34 Å². The van der Waals surface area contributed by atoms with Gasteiger partial charge in [-0.25, -0.2) is 9.34 Å². The Balaban J connectivity index is 2.67. The first-order valence-corrected chi connectivity index (χ1v) is 8.66. The second-order valence-electron chi connectivity index (χ2n) is 4.36. The van der Waals surface area contributed by atoms with E-state index in [4.69, 9.17) is 32.8 Å². The number of aliphatic hydroxyl groups excluding tert-OH is 1. The topological polar surface area (TPSA) is 52.8 Å². The zero-order valence-corrected chi connectivity index (χ0v) is 13.0. The van der Waals surface area contributed by atoms with Crippen LogP contribution in [0.25, 0.3) is 0 Å². The summed E-state index contributed by atoms with van der Waals surface area (Å²) in [6.45, 7) is 4.64. The Morgan fingerprint density at radius 3 is 2.33 bits per heavy atom. The molecular weight excluding hydrogens is 298 g/mol. The van der Waals surface area contributed by atoms with E-state index in [-0.39, 0.29) is 19.1 Å². The van der Waals surface area contributed by atoms with Crippen LogP contribution in [0.4, 0.5) is 0 Å². The van der Waals surface area contributed by atoms with Crippen molar-refractivity contribution in [2.45, 2.75) is 6.92 Å². The smallest absolute Gasteiger partial charge is 0.346 e. The van der Waals surface area contributed by atoms with Gasteiger partial charge >= 0.3 is 7.67 Å². The molecule has 1 N–H and O–H groups in total. The molecule has 0 spiro atoms. The predicted octanol–water partition coefficient (Wildman–Crippen LogP) is 1.83. The molecule has 1 heterocycles. The first-order valence-electron chi connectivity index (χ1n) is 6.06. The summed E-state index contributed by atoms with van der Waals surface area (Å²) in [4.78, 5) is 0.